The first kappa shape index (κ1) is 15.6. The van der Waals surface area contributed by atoms with Gasteiger partial charge in [0.1, 0.15) is 18.3 Å². The molecule has 3 heterocycles. The van der Waals surface area contributed by atoms with Crippen molar-refractivity contribution in [2.24, 2.45) is 0 Å². The van der Waals surface area contributed by atoms with Gasteiger partial charge in [-0.3, -0.25) is 14.3 Å². The van der Waals surface area contributed by atoms with Crippen molar-refractivity contribution in [2.45, 2.75) is 24.5 Å². The van der Waals surface area contributed by atoms with Gasteiger partial charge in [0.2, 0.25) is 5.95 Å². The van der Waals surface area contributed by atoms with E-state index in [-0.39, 0.29) is 30.3 Å². The Hall–Kier alpha value is -2.27. The average molecular weight is 323 g/mol. The molecule has 5 N–H and O–H groups in total. The highest BCUT2D eigenvalue weighted by Crippen LogP contribution is 2.33. The molecule has 2 aromatic rings. The van der Waals surface area contributed by atoms with Crippen molar-refractivity contribution in [3.8, 4) is 0 Å². The maximum Gasteiger partial charge on any atom is 0.280 e. The molecular formula is C13H17N5O5. The van der Waals surface area contributed by atoms with Crippen molar-refractivity contribution in [1.82, 2.24) is 19.5 Å². The van der Waals surface area contributed by atoms with Gasteiger partial charge in [-0.05, 0) is 0 Å². The van der Waals surface area contributed by atoms with Crippen LogP contribution in [-0.2, 0) is 9.47 Å². The molecule has 0 spiro atoms. The van der Waals surface area contributed by atoms with E-state index >= 15 is 0 Å². The van der Waals surface area contributed by atoms with Crippen LogP contribution in [0.15, 0.2) is 23.8 Å². The smallest absolute Gasteiger partial charge is 0.280 e. The third-order valence-electron chi connectivity index (χ3n) is 3.62. The molecule has 3 rings (SSSR count). The van der Waals surface area contributed by atoms with Crippen LogP contribution in [0.5, 0.6) is 0 Å². The second-order valence-electron chi connectivity index (χ2n) is 5.10. The zero-order valence-corrected chi connectivity index (χ0v) is 12.1. The number of ether oxygens (including phenoxy) is 2. The Kier molecular flexibility index (Phi) is 4.13. The summed E-state index contributed by atoms with van der Waals surface area (Å²) in [6.45, 7) is 3.36. The third-order valence-corrected chi connectivity index (χ3v) is 3.62. The number of aromatic amines is 1. The topological polar surface area (TPSA) is 149 Å². The molecule has 0 aliphatic carbocycles. The minimum absolute atomic E-state index is 0.0648. The number of anilines is 1. The number of aromatic nitrogens is 4. The van der Waals surface area contributed by atoms with E-state index in [1.54, 1.807) is 0 Å². The fourth-order valence-electron chi connectivity index (χ4n) is 2.58. The second kappa shape index (κ2) is 6.08. The molecule has 10 heteroatoms. The average Bonchev–Trinajstić information content (AvgIpc) is 3.06. The van der Waals surface area contributed by atoms with E-state index in [1.807, 2.05) is 0 Å². The van der Waals surface area contributed by atoms with Gasteiger partial charge in [-0.2, -0.15) is 4.98 Å². The number of imidazole rings is 1. The lowest BCUT2D eigenvalue weighted by molar-refractivity contribution is -0.0645. The van der Waals surface area contributed by atoms with E-state index in [0.717, 1.165) is 0 Å². The lowest BCUT2D eigenvalue weighted by Crippen LogP contribution is -2.35. The first-order chi connectivity index (χ1) is 11.1. The van der Waals surface area contributed by atoms with Gasteiger partial charge in [-0.25, -0.2) is 4.98 Å². The molecule has 1 aliphatic heterocycles. The van der Waals surface area contributed by atoms with Gasteiger partial charge in [-0.1, -0.05) is 6.08 Å². The van der Waals surface area contributed by atoms with Crippen molar-refractivity contribution >= 4 is 17.1 Å². The number of rotatable bonds is 5. The molecule has 4 atom stereocenters. The van der Waals surface area contributed by atoms with Gasteiger partial charge in [0.25, 0.3) is 5.56 Å². The fourth-order valence-corrected chi connectivity index (χ4v) is 2.58. The summed E-state index contributed by atoms with van der Waals surface area (Å²) >= 11 is 0. The van der Waals surface area contributed by atoms with Crippen LogP contribution >= 0.6 is 0 Å². The van der Waals surface area contributed by atoms with Gasteiger partial charge in [0, 0.05) is 0 Å². The molecule has 2 unspecified atom stereocenters. The number of H-pyrrole nitrogens is 1. The summed E-state index contributed by atoms with van der Waals surface area (Å²) in [5.74, 6) is -0.0648. The van der Waals surface area contributed by atoms with Crippen LogP contribution < -0.4 is 11.3 Å². The maximum atomic E-state index is 11.8. The quantitative estimate of drug-likeness (QED) is 0.487. The molecular weight excluding hydrogens is 306 g/mol. The zero-order valence-electron chi connectivity index (χ0n) is 12.1. The molecule has 0 bridgehead atoms. The van der Waals surface area contributed by atoms with Gasteiger partial charge in [-0.15, -0.1) is 6.58 Å². The summed E-state index contributed by atoms with van der Waals surface area (Å²) in [4.78, 5) is 22.2. The molecule has 1 fully saturated rings. The van der Waals surface area contributed by atoms with E-state index in [2.05, 4.69) is 21.5 Å². The Labute approximate surface area is 130 Å². The van der Waals surface area contributed by atoms with E-state index in [4.69, 9.17) is 15.2 Å². The Morgan fingerprint density at radius 2 is 2.39 bits per heavy atom. The number of nitrogens with zero attached hydrogens (tertiary/aromatic N) is 3. The van der Waals surface area contributed by atoms with E-state index in [1.165, 1.54) is 17.0 Å². The molecule has 0 saturated carbocycles. The Morgan fingerprint density at radius 1 is 1.61 bits per heavy atom. The van der Waals surface area contributed by atoms with E-state index in [9.17, 15) is 15.0 Å². The van der Waals surface area contributed by atoms with Gasteiger partial charge < -0.3 is 25.4 Å². The van der Waals surface area contributed by atoms with Gasteiger partial charge in [0.15, 0.2) is 17.4 Å². The summed E-state index contributed by atoms with van der Waals surface area (Å²) in [5.41, 5.74) is 5.38. The highest BCUT2D eigenvalue weighted by atomic mass is 16.6. The molecule has 1 saturated heterocycles. The van der Waals surface area contributed by atoms with Crippen LogP contribution in [0.2, 0.25) is 0 Å². The minimum atomic E-state index is -1.05. The Morgan fingerprint density at radius 3 is 3.09 bits per heavy atom. The lowest BCUT2D eigenvalue weighted by atomic mass is 10.1. The van der Waals surface area contributed by atoms with Crippen molar-refractivity contribution in [1.29, 1.82) is 0 Å². The van der Waals surface area contributed by atoms with Crippen LogP contribution in [0.3, 0.4) is 0 Å². The minimum Gasteiger partial charge on any atom is -0.394 e. The third kappa shape index (κ3) is 2.61. The summed E-state index contributed by atoms with van der Waals surface area (Å²) in [6, 6.07) is 0. The van der Waals surface area contributed by atoms with Crippen LogP contribution in [0.4, 0.5) is 5.95 Å². The van der Waals surface area contributed by atoms with Crippen LogP contribution in [-0.4, -0.2) is 61.3 Å². The Balaban J connectivity index is 2.05. The number of nitrogens with two attached hydrogens (primary N) is 1. The number of hydrogen-bond acceptors (Lipinski definition) is 8. The highest BCUT2D eigenvalue weighted by Gasteiger charge is 2.45. The summed E-state index contributed by atoms with van der Waals surface area (Å²) in [5, 5.41) is 19.6. The van der Waals surface area contributed by atoms with Crippen molar-refractivity contribution < 1.29 is 19.7 Å². The van der Waals surface area contributed by atoms with Crippen molar-refractivity contribution in [3.63, 3.8) is 0 Å². The first-order valence-electron chi connectivity index (χ1n) is 6.96. The number of hydrogen-bond donors (Lipinski definition) is 4. The van der Waals surface area contributed by atoms with Gasteiger partial charge >= 0.3 is 0 Å². The molecule has 0 amide bonds. The standard InChI is InChI=1S/C13H17N5O5/c1-2-3-22-9-8(20)6(4-19)23-12(9)18-5-15-7-10(18)16-13(14)17-11(7)21/h2,5-6,8-9,12,19-20H,1,3-4H2,(H3,14,16,17,21)/t6-,8?,9?,12-/m1/s1. The maximum absolute atomic E-state index is 11.8. The largest absolute Gasteiger partial charge is 0.394 e. The highest BCUT2D eigenvalue weighted by molar-refractivity contribution is 5.70. The second-order valence-corrected chi connectivity index (χ2v) is 5.10. The van der Waals surface area contributed by atoms with Crippen LogP contribution in [0.1, 0.15) is 6.23 Å². The van der Waals surface area contributed by atoms with E-state index in [0.29, 0.717) is 0 Å². The summed E-state index contributed by atoms with van der Waals surface area (Å²) in [6.07, 6.45) is -0.601. The molecule has 1 aliphatic rings. The summed E-state index contributed by atoms with van der Waals surface area (Å²) < 4.78 is 12.6. The monoisotopic (exact) mass is 323 g/mol. The summed E-state index contributed by atoms with van der Waals surface area (Å²) in [7, 11) is 0. The SMILES string of the molecule is C=CCOC1C(O)[C@@H](CO)O[C@H]1n1cnc2c(=O)[nH]c(N)nc21. The molecule has 0 radical (unpaired) electrons. The fraction of sp³-hybridized carbons (Fsp3) is 0.462. The van der Waals surface area contributed by atoms with Gasteiger partial charge in [0.05, 0.1) is 19.5 Å². The van der Waals surface area contributed by atoms with Crippen LogP contribution in [0.25, 0.3) is 11.2 Å². The van der Waals surface area contributed by atoms with Crippen LogP contribution in [0, 0.1) is 0 Å². The number of nitrogen functional groups attached to an aromatic ring is 1. The van der Waals surface area contributed by atoms with Crippen molar-refractivity contribution in [3.05, 3.63) is 29.3 Å². The molecule has 2 aromatic heterocycles. The predicted molar refractivity (Wildman–Crippen MR) is 79.5 cm³/mol. The lowest BCUT2D eigenvalue weighted by Gasteiger charge is -2.21. The normalized spacial score (nSPS) is 27.6. The number of aliphatic hydroxyl groups is 2. The van der Waals surface area contributed by atoms with E-state index < -0.39 is 30.1 Å². The molecule has 124 valence electrons. The predicted octanol–water partition coefficient (Wildman–Crippen LogP) is -1.48. The molecule has 10 nitrogen and oxygen atoms in total. The first-order valence-corrected chi connectivity index (χ1v) is 6.96. The Bertz CT molecular complexity index is 772. The number of fused-ring (bicyclic) bond motifs is 1. The van der Waals surface area contributed by atoms with Crippen molar-refractivity contribution in [2.75, 3.05) is 18.9 Å². The molecule has 0 aromatic carbocycles. The number of nitrogens with one attached hydrogen (secondary N) is 1. The molecule has 23 heavy (non-hydrogen) atoms. The zero-order chi connectivity index (χ0) is 16.6. The number of aliphatic hydroxyl groups excluding tert-OH is 2.